The maximum atomic E-state index is 12.3. The lowest BCUT2D eigenvalue weighted by Crippen LogP contribution is -2.18. The van der Waals surface area contributed by atoms with Crippen molar-refractivity contribution in [1.29, 1.82) is 0 Å². The molecule has 0 bridgehead atoms. The van der Waals surface area contributed by atoms with Crippen LogP contribution < -0.4 is 0 Å². The van der Waals surface area contributed by atoms with E-state index in [0.29, 0.717) is 12.2 Å². The number of esters is 1. The largest absolute Gasteiger partial charge is 0.460 e. The van der Waals surface area contributed by atoms with Gasteiger partial charge in [0.1, 0.15) is 5.58 Å². The summed E-state index contributed by atoms with van der Waals surface area (Å²) in [6.45, 7) is 5.75. The van der Waals surface area contributed by atoms with Gasteiger partial charge in [0.2, 0.25) is 5.76 Å². The Morgan fingerprint density at radius 2 is 1.67 bits per heavy atom. The van der Waals surface area contributed by atoms with Crippen molar-refractivity contribution in [3.8, 4) is 0 Å². The van der Waals surface area contributed by atoms with Crippen LogP contribution in [0.1, 0.15) is 34.2 Å². The van der Waals surface area contributed by atoms with Crippen LogP contribution >= 0.6 is 11.9 Å². The van der Waals surface area contributed by atoms with Gasteiger partial charge in [0.15, 0.2) is 0 Å². The quantitative estimate of drug-likeness (QED) is 0.154. The van der Waals surface area contributed by atoms with Crippen LogP contribution in [-0.4, -0.2) is 23.4 Å². The molecule has 182 valence electrons. The average molecular weight is 496 g/mol. The first-order valence-electron chi connectivity index (χ1n) is 12.3. The number of furan rings is 1. The fourth-order valence-corrected chi connectivity index (χ4v) is 5.39. The minimum absolute atomic E-state index is 0.283. The van der Waals surface area contributed by atoms with Gasteiger partial charge in [-0.3, -0.25) is 0 Å². The summed E-state index contributed by atoms with van der Waals surface area (Å²) in [4.78, 5) is 13.4. The summed E-state index contributed by atoms with van der Waals surface area (Å²) in [6.07, 6.45) is 0.960. The predicted molar refractivity (Wildman–Crippen MR) is 147 cm³/mol. The van der Waals surface area contributed by atoms with E-state index in [0.717, 1.165) is 35.4 Å². The van der Waals surface area contributed by atoms with Gasteiger partial charge in [-0.2, -0.15) is 0 Å². The molecule has 1 heterocycles. The van der Waals surface area contributed by atoms with E-state index in [9.17, 15) is 4.79 Å². The maximum Gasteiger partial charge on any atom is 0.374 e. The summed E-state index contributed by atoms with van der Waals surface area (Å²) >= 11 is 1.74. The Bertz CT molecular complexity index is 1490. The van der Waals surface area contributed by atoms with Gasteiger partial charge in [-0.05, 0) is 78.4 Å². The smallest absolute Gasteiger partial charge is 0.374 e. The van der Waals surface area contributed by atoms with Gasteiger partial charge in [-0.1, -0.05) is 66.7 Å². The summed E-state index contributed by atoms with van der Waals surface area (Å²) < 4.78 is 13.4. The number of aryl methyl sites for hydroxylation is 1. The third-order valence-corrected chi connectivity index (χ3v) is 7.30. The Morgan fingerprint density at radius 1 is 0.889 bits per heavy atom. The molecule has 0 saturated carbocycles. The van der Waals surface area contributed by atoms with Crippen LogP contribution in [0.4, 0.5) is 0 Å². The van der Waals surface area contributed by atoms with Gasteiger partial charge in [0, 0.05) is 28.9 Å². The molecule has 0 N–H and O–H groups in total. The summed E-state index contributed by atoms with van der Waals surface area (Å²) in [5.41, 5.74) is 4.11. The predicted octanol–water partition coefficient (Wildman–Crippen LogP) is 7.82. The van der Waals surface area contributed by atoms with Crippen molar-refractivity contribution >= 4 is 39.7 Å². The van der Waals surface area contributed by atoms with Crippen molar-refractivity contribution in [1.82, 2.24) is 4.31 Å². The number of ether oxygens (including phenoxy) is 1. The molecule has 0 atom stereocenters. The monoisotopic (exact) mass is 495 g/mol. The molecule has 0 fully saturated rings. The summed E-state index contributed by atoms with van der Waals surface area (Å²) in [5.74, 6) is -0.132. The van der Waals surface area contributed by atoms with Gasteiger partial charge in [0.25, 0.3) is 0 Å². The van der Waals surface area contributed by atoms with E-state index in [1.54, 1.807) is 18.9 Å². The van der Waals surface area contributed by atoms with Crippen LogP contribution in [0.3, 0.4) is 0 Å². The van der Waals surface area contributed by atoms with Crippen LogP contribution in [0, 0.1) is 6.92 Å². The highest BCUT2D eigenvalue weighted by Crippen LogP contribution is 2.32. The van der Waals surface area contributed by atoms with E-state index in [1.165, 1.54) is 21.9 Å². The SMILES string of the molecule is CCOC(=O)c1oc2ccc(SN(CCc3ccccc3)Cc3ccc4ccccc4c3)cc2c1C. The zero-order valence-corrected chi connectivity index (χ0v) is 21.4. The van der Waals surface area contributed by atoms with Gasteiger partial charge >= 0.3 is 5.97 Å². The summed E-state index contributed by atoms with van der Waals surface area (Å²) in [5, 5.41) is 3.45. The normalized spacial score (nSPS) is 11.4. The van der Waals surface area contributed by atoms with E-state index in [-0.39, 0.29) is 5.76 Å². The third kappa shape index (κ3) is 5.48. The van der Waals surface area contributed by atoms with Crippen molar-refractivity contribution < 1.29 is 13.9 Å². The van der Waals surface area contributed by atoms with E-state index in [4.69, 9.17) is 9.15 Å². The number of hydrogen-bond donors (Lipinski definition) is 0. The minimum atomic E-state index is -0.416. The Hall–Kier alpha value is -3.54. The molecular weight excluding hydrogens is 466 g/mol. The lowest BCUT2D eigenvalue weighted by atomic mass is 10.1. The fourth-order valence-electron chi connectivity index (χ4n) is 4.39. The molecule has 0 radical (unpaired) electrons. The second-order valence-electron chi connectivity index (χ2n) is 8.81. The van der Waals surface area contributed by atoms with E-state index in [2.05, 4.69) is 89.2 Å². The van der Waals surface area contributed by atoms with E-state index >= 15 is 0 Å². The van der Waals surface area contributed by atoms with Gasteiger partial charge in [-0.25, -0.2) is 9.10 Å². The van der Waals surface area contributed by atoms with E-state index in [1.807, 2.05) is 13.0 Å². The number of carbonyl (C=O) groups excluding carboxylic acids is 1. The molecule has 36 heavy (non-hydrogen) atoms. The van der Waals surface area contributed by atoms with Gasteiger partial charge < -0.3 is 9.15 Å². The number of carbonyl (C=O) groups is 1. The molecule has 5 aromatic rings. The van der Waals surface area contributed by atoms with Crippen molar-refractivity contribution in [3.05, 3.63) is 113 Å². The third-order valence-electron chi connectivity index (χ3n) is 6.27. The van der Waals surface area contributed by atoms with Crippen molar-refractivity contribution in [2.45, 2.75) is 31.7 Å². The topological polar surface area (TPSA) is 42.7 Å². The minimum Gasteiger partial charge on any atom is -0.460 e. The molecule has 0 saturated heterocycles. The zero-order chi connectivity index (χ0) is 24.9. The van der Waals surface area contributed by atoms with Crippen LogP contribution in [-0.2, 0) is 17.7 Å². The highest BCUT2D eigenvalue weighted by molar-refractivity contribution is 7.97. The molecule has 5 rings (SSSR count). The maximum absolute atomic E-state index is 12.3. The van der Waals surface area contributed by atoms with Crippen LogP contribution in [0.25, 0.3) is 21.7 Å². The molecule has 0 amide bonds. The molecule has 1 aromatic heterocycles. The van der Waals surface area contributed by atoms with Crippen molar-refractivity contribution in [3.63, 3.8) is 0 Å². The van der Waals surface area contributed by atoms with Crippen LogP contribution in [0.15, 0.2) is 100 Å². The molecule has 0 aliphatic rings. The zero-order valence-electron chi connectivity index (χ0n) is 20.6. The second-order valence-corrected chi connectivity index (χ2v) is 9.98. The number of fused-ring (bicyclic) bond motifs is 2. The Labute approximate surface area is 216 Å². The summed E-state index contributed by atoms with van der Waals surface area (Å²) in [7, 11) is 0. The molecule has 4 nitrogen and oxygen atoms in total. The van der Waals surface area contributed by atoms with Crippen molar-refractivity contribution in [2.75, 3.05) is 13.2 Å². The second kappa shape index (κ2) is 11.0. The average Bonchev–Trinajstić information content (AvgIpc) is 3.24. The standard InChI is InChI=1S/C31H29NO3S/c1-3-34-31(33)30-22(2)28-20-27(15-16-29(28)35-30)36-32(18-17-23-9-5-4-6-10-23)21-24-13-14-25-11-7-8-12-26(25)19-24/h4-16,19-20H,3,17-18,21H2,1-2H3. The highest BCUT2D eigenvalue weighted by Gasteiger charge is 2.19. The highest BCUT2D eigenvalue weighted by atomic mass is 32.2. The Kier molecular flexibility index (Phi) is 7.40. The van der Waals surface area contributed by atoms with Gasteiger partial charge in [0.05, 0.1) is 6.61 Å². The summed E-state index contributed by atoms with van der Waals surface area (Å²) in [6, 6.07) is 31.9. The Morgan fingerprint density at radius 3 is 2.47 bits per heavy atom. The molecule has 0 aliphatic heterocycles. The molecule has 4 aromatic carbocycles. The lowest BCUT2D eigenvalue weighted by Gasteiger charge is -2.22. The molecule has 0 spiro atoms. The number of hydrogen-bond acceptors (Lipinski definition) is 5. The molecular formula is C31H29NO3S. The molecule has 0 unspecified atom stereocenters. The first-order valence-corrected chi connectivity index (χ1v) is 13.0. The van der Waals surface area contributed by atoms with Crippen molar-refractivity contribution in [2.24, 2.45) is 0 Å². The Balaban J connectivity index is 1.40. The van der Waals surface area contributed by atoms with E-state index < -0.39 is 5.97 Å². The number of rotatable bonds is 9. The molecule has 5 heteroatoms. The van der Waals surface area contributed by atoms with Crippen LogP contribution in [0.2, 0.25) is 0 Å². The van der Waals surface area contributed by atoms with Crippen LogP contribution in [0.5, 0.6) is 0 Å². The number of nitrogens with zero attached hydrogens (tertiary/aromatic N) is 1. The number of benzene rings is 4. The molecule has 0 aliphatic carbocycles. The lowest BCUT2D eigenvalue weighted by molar-refractivity contribution is 0.0491. The van der Waals surface area contributed by atoms with Gasteiger partial charge in [-0.15, -0.1) is 0 Å². The fraction of sp³-hybridized carbons (Fsp3) is 0.194. The first kappa shape index (κ1) is 24.2. The first-order chi connectivity index (χ1) is 17.6.